The number of piperidine rings is 1. The van der Waals surface area contributed by atoms with Gasteiger partial charge in [0.25, 0.3) is 0 Å². The molecule has 0 bridgehead atoms. The molecule has 1 aromatic heterocycles. The topological polar surface area (TPSA) is 42.4 Å². The van der Waals surface area contributed by atoms with Gasteiger partial charge in [0.15, 0.2) is 0 Å². The third kappa shape index (κ3) is 3.96. The van der Waals surface area contributed by atoms with Crippen LogP contribution in [0.1, 0.15) is 44.5 Å². The van der Waals surface area contributed by atoms with Crippen molar-refractivity contribution in [2.24, 2.45) is 0 Å². The van der Waals surface area contributed by atoms with Crippen molar-refractivity contribution in [2.75, 3.05) is 13.1 Å². The maximum atomic E-state index is 11.9. The summed E-state index contributed by atoms with van der Waals surface area (Å²) >= 11 is 1.55. The van der Waals surface area contributed by atoms with Crippen LogP contribution in [0.5, 0.6) is 0 Å². The Morgan fingerprint density at radius 2 is 2.11 bits per heavy atom. The number of carbonyl (C=O) groups is 1. The zero-order valence-electron chi connectivity index (χ0n) is 11.7. The molecule has 0 atom stereocenters. The lowest BCUT2D eigenvalue weighted by Crippen LogP contribution is -2.41. The van der Waals surface area contributed by atoms with Gasteiger partial charge in [-0.3, -0.25) is 4.98 Å². The van der Waals surface area contributed by atoms with Gasteiger partial charge in [-0.15, -0.1) is 11.3 Å². The van der Waals surface area contributed by atoms with Gasteiger partial charge in [-0.25, -0.2) is 4.79 Å². The normalized spacial score (nSPS) is 17.5. The van der Waals surface area contributed by atoms with Crippen LogP contribution in [-0.2, 0) is 4.74 Å². The zero-order chi connectivity index (χ0) is 14.0. The quantitative estimate of drug-likeness (QED) is 0.738. The first-order chi connectivity index (χ1) is 8.85. The number of hydrogen-bond donors (Lipinski definition) is 0. The second-order valence-corrected chi connectivity index (χ2v) is 6.94. The van der Waals surface area contributed by atoms with Crippen LogP contribution in [0.3, 0.4) is 0 Å². The van der Waals surface area contributed by atoms with E-state index in [9.17, 15) is 4.79 Å². The van der Waals surface area contributed by atoms with E-state index in [4.69, 9.17) is 12.6 Å². The second-order valence-electron chi connectivity index (χ2n) is 5.84. The monoisotopic (exact) mass is 278 g/mol. The van der Waals surface area contributed by atoms with Crippen molar-refractivity contribution in [2.45, 2.75) is 45.1 Å². The third-order valence-electron chi connectivity index (χ3n) is 3.04. The highest BCUT2D eigenvalue weighted by Gasteiger charge is 2.28. The predicted octanol–water partition coefficient (Wildman–Crippen LogP) is 2.05. The SMILES string of the molecule is [B]c1cnc(C2CCN(C(=O)OC(C)(C)C)CC2)s1. The van der Waals surface area contributed by atoms with Crippen molar-refractivity contribution in [3.8, 4) is 0 Å². The number of nitrogens with zero attached hydrogens (tertiary/aromatic N) is 2. The van der Waals surface area contributed by atoms with E-state index in [2.05, 4.69) is 4.98 Å². The first-order valence-electron chi connectivity index (χ1n) is 6.54. The Labute approximate surface area is 119 Å². The van der Waals surface area contributed by atoms with Crippen molar-refractivity contribution >= 4 is 30.1 Å². The summed E-state index contributed by atoms with van der Waals surface area (Å²) in [6.45, 7) is 7.10. The molecular formula is C13H19BN2O2S. The molecule has 4 nitrogen and oxygen atoms in total. The molecule has 1 fully saturated rings. The van der Waals surface area contributed by atoms with E-state index >= 15 is 0 Å². The molecule has 102 valence electrons. The number of thiazole rings is 1. The molecule has 2 rings (SSSR count). The van der Waals surface area contributed by atoms with Crippen LogP contribution in [0.25, 0.3) is 0 Å². The van der Waals surface area contributed by atoms with E-state index in [0.29, 0.717) is 5.92 Å². The molecule has 1 aliphatic rings. The smallest absolute Gasteiger partial charge is 0.410 e. The molecule has 0 unspecified atom stereocenters. The average Bonchev–Trinajstić information content (AvgIpc) is 2.74. The molecule has 1 saturated heterocycles. The van der Waals surface area contributed by atoms with Gasteiger partial charge >= 0.3 is 6.09 Å². The molecule has 2 heterocycles. The summed E-state index contributed by atoms with van der Waals surface area (Å²) in [7, 11) is 5.70. The van der Waals surface area contributed by atoms with Crippen molar-refractivity contribution < 1.29 is 9.53 Å². The minimum atomic E-state index is -0.433. The van der Waals surface area contributed by atoms with Crippen LogP contribution >= 0.6 is 11.3 Å². The predicted molar refractivity (Wildman–Crippen MR) is 77.3 cm³/mol. The molecule has 6 heteroatoms. The minimum absolute atomic E-state index is 0.218. The molecule has 0 N–H and O–H groups in total. The van der Waals surface area contributed by atoms with Crippen molar-refractivity contribution in [3.05, 3.63) is 11.2 Å². The van der Waals surface area contributed by atoms with E-state index in [1.54, 1.807) is 22.4 Å². The summed E-state index contributed by atoms with van der Waals surface area (Å²) < 4.78 is 6.13. The summed E-state index contributed by atoms with van der Waals surface area (Å²) in [5.74, 6) is 0.418. The molecule has 19 heavy (non-hydrogen) atoms. The Hall–Kier alpha value is -1.04. The highest BCUT2D eigenvalue weighted by atomic mass is 32.1. The van der Waals surface area contributed by atoms with Gasteiger partial charge in [0.1, 0.15) is 13.4 Å². The molecule has 0 aliphatic carbocycles. The largest absolute Gasteiger partial charge is 0.444 e. The number of amides is 1. The molecular weight excluding hydrogens is 259 g/mol. The van der Waals surface area contributed by atoms with Crippen LogP contribution in [-0.4, -0.2) is 42.5 Å². The van der Waals surface area contributed by atoms with Crippen LogP contribution in [0.2, 0.25) is 0 Å². The molecule has 1 aliphatic heterocycles. The lowest BCUT2D eigenvalue weighted by Gasteiger charge is -2.32. The Bertz CT molecular complexity index is 448. The number of ether oxygens (including phenoxy) is 1. The second kappa shape index (κ2) is 5.53. The molecule has 2 radical (unpaired) electrons. The number of aromatic nitrogens is 1. The lowest BCUT2D eigenvalue weighted by atomic mass is 9.98. The first-order valence-corrected chi connectivity index (χ1v) is 7.36. The van der Waals surface area contributed by atoms with Gasteiger partial charge in [-0.2, -0.15) is 0 Å². The van der Waals surface area contributed by atoms with Gasteiger partial charge < -0.3 is 9.64 Å². The zero-order valence-corrected chi connectivity index (χ0v) is 12.5. The summed E-state index contributed by atoms with van der Waals surface area (Å²) in [5.41, 5.74) is -0.433. The van der Waals surface area contributed by atoms with Gasteiger partial charge in [-0.05, 0) is 38.4 Å². The number of likely N-dealkylation sites (tertiary alicyclic amines) is 1. The van der Waals surface area contributed by atoms with Gasteiger partial charge in [0, 0.05) is 25.2 Å². The Balaban J connectivity index is 1.87. The lowest BCUT2D eigenvalue weighted by molar-refractivity contribution is 0.0205. The van der Waals surface area contributed by atoms with Crippen molar-refractivity contribution in [3.63, 3.8) is 0 Å². The Kier molecular flexibility index (Phi) is 4.18. The van der Waals surface area contributed by atoms with Crippen LogP contribution in [0.4, 0.5) is 4.79 Å². The highest BCUT2D eigenvalue weighted by molar-refractivity contribution is 7.19. The van der Waals surface area contributed by atoms with Gasteiger partial charge in [0.2, 0.25) is 0 Å². The third-order valence-corrected chi connectivity index (χ3v) is 4.03. The minimum Gasteiger partial charge on any atom is -0.444 e. The maximum absolute atomic E-state index is 11.9. The van der Waals surface area contributed by atoms with Crippen molar-refractivity contribution in [1.82, 2.24) is 9.88 Å². The molecule has 0 spiro atoms. The fraction of sp³-hybridized carbons (Fsp3) is 0.692. The standard InChI is InChI=1S/C13H19BN2O2S/c1-13(2,3)18-12(17)16-6-4-9(5-7-16)11-15-8-10(14)19-11/h8-9H,4-7H2,1-3H3. The summed E-state index contributed by atoms with van der Waals surface area (Å²) in [6, 6.07) is 0. The van der Waals surface area contributed by atoms with Crippen LogP contribution in [0.15, 0.2) is 6.20 Å². The van der Waals surface area contributed by atoms with E-state index in [1.807, 2.05) is 20.8 Å². The maximum Gasteiger partial charge on any atom is 0.410 e. The first kappa shape index (κ1) is 14.4. The van der Waals surface area contributed by atoms with Crippen LogP contribution < -0.4 is 4.78 Å². The van der Waals surface area contributed by atoms with Crippen molar-refractivity contribution in [1.29, 1.82) is 0 Å². The number of carbonyl (C=O) groups excluding carboxylic acids is 1. The number of rotatable bonds is 1. The van der Waals surface area contributed by atoms with E-state index < -0.39 is 5.60 Å². The average molecular weight is 278 g/mol. The summed E-state index contributed by atoms with van der Waals surface area (Å²) in [6.07, 6.45) is 3.34. The van der Waals surface area contributed by atoms with E-state index in [1.165, 1.54) is 0 Å². The van der Waals surface area contributed by atoms with E-state index in [-0.39, 0.29) is 6.09 Å². The fourth-order valence-corrected chi connectivity index (χ4v) is 2.98. The molecule has 0 saturated carbocycles. The Morgan fingerprint density at radius 1 is 1.47 bits per heavy atom. The van der Waals surface area contributed by atoms with Gasteiger partial charge in [-0.1, -0.05) is 0 Å². The molecule has 1 amide bonds. The fourth-order valence-electron chi connectivity index (χ4n) is 2.12. The summed E-state index contributed by atoms with van der Waals surface area (Å²) in [5, 5.41) is 1.08. The molecule has 1 aromatic rings. The van der Waals surface area contributed by atoms with Gasteiger partial charge in [0.05, 0.1) is 5.01 Å². The van der Waals surface area contributed by atoms with E-state index in [0.717, 1.165) is 35.7 Å². The Morgan fingerprint density at radius 3 is 2.58 bits per heavy atom. The summed E-state index contributed by atoms with van der Waals surface area (Å²) in [4.78, 5) is 18.0. The highest BCUT2D eigenvalue weighted by Crippen LogP contribution is 2.29. The van der Waals surface area contributed by atoms with Crippen LogP contribution in [0, 0.1) is 0 Å². The molecule has 0 aromatic carbocycles. The number of hydrogen-bond acceptors (Lipinski definition) is 4.